The van der Waals surface area contributed by atoms with Crippen LogP contribution in [-0.2, 0) is 13.0 Å². The van der Waals surface area contributed by atoms with E-state index in [2.05, 4.69) is 4.98 Å². The van der Waals surface area contributed by atoms with Crippen LogP contribution in [-0.4, -0.2) is 16.7 Å². The van der Waals surface area contributed by atoms with E-state index in [1.165, 1.54) is 11.3 Å². The second kappa shape index (κ2) is 6.37. The molecule has 3 nitrogen and oxygen atoms in total. The molecule has 0 amide bonds. The fourth-order valence-electron chi connectivity index (χ4n) is 1.78. The molecule has 1 heterocycles. The van der Waals surface area contributed by atoms with E-state index in [0.717, 1.165) is 38.2 Å². The summed E-state index contributed by atoms with van der Waals surface area (Å²) < 4.78 is 5.72. The standard InChI is InChI=1S/C14H16ClNO2S/c1-9-5-11(6-10(2)14(9)15)18-4-3-13-16-7-12(8-17)19-13/h5-7,17H,3-4,8H2,1-2H3. The highest BCUT2D eigenvalue weighted by Crippen LogP contribution is 2.26. The van der Waals surface area contributed by atoms with Crippen LogP contribution >= 0.6 is 22.9 Å². The molecule has 102 valence electrons. The third-order valence-corrected chi connectivity index (χ3v) is 4.39. The second-order valence-electron chi connectivity index (χ2n) is 4.35. The van der Waals surface area contributed by atoms with Crippen LogP contribution in [0.15, 0.2) is 18.3 Å². The van der Waals surface area contributed by atoms with Crippen molar-refractivity contribution < 1.29 is 9.84 Å². The smallest absolute Gasteiger partial charge is 0.119 e. The van der Waals surface area contributed by atoms with Gasteiger partial charge in [0.1, 0.15) is 5.75 Å². The van der Waals surface area contributed by atoms with E-state index in [1.807, 2.05) is 26.0 Å². The van der Waals surface area contributed by atoms with Gasteiger partial charge in [0.2, 0.25) is 0 Å². The zero-order valence-corrected chi connectivity index (χ0v) is 12.5. The number of aryl methyl sites for hydroxylation is 2. The number of aromatic nitrogens is 1. The minimum Gasteiger partial charge on any atom is -0.493 e. The van der Waals surface area contributed by atoms with E-state index in [0.29, 0.717) is 6.61 Å². The third kappa shape index (κ3) is 3.69. The zero-order chi connectivity index (χ0) is 13.8. The highest BCUT2D eigenvalue weighted by atomic mass is 35.5. The largest absolute Gasteiger partial charge is 0.493 e. The molecule has 0 atom stereocenters. The summed E-state index contributed by atoms with van der Waals surface area (Å²) in [5, 5.41) is 10.7. The lowest BCUT2D eigenvalue weighted by Gasteiger charge is -2.09. The highest BCUT2D eigenvalue weighted by Gasteiger charge is 2.05. The van der Waals surface area contributed by atoms with Crippen LogP contribution in [0.3, 0.4) is 0 Å². The van der Waals surface area contributed by atoms with E-state index < -0.39 is 0 Å². The van der Waals surface area contributed by atoms with Crippen molar-refractivity contribution >= 4 is 22.9 Å². The Kier molecular flexibility index (Phi) is 4.80. The quantitative estimate of drug-likeness (QED) is 0.918. The molecule has 0 spiro atoms. The van der Waals surface area contributed by atoms with Crippen LogP contribution in [0.4, 0.5) is 0 Å². The minimum absolute atomic E-state index is 0.0497. The van der Waals surface area contributed by atoms with E-state index in [-0.39, 0.29) is 6.61 Å². The molecular formula is C14H16ClNO2S. The van der Waals surface area contributed by atoms with E-state index in [4.69, 9.17) is 21.4 Å². The molecule has 0 fully saturated rings. The fraction of sp³-hybridized carbons (Fsp3) is 0.357. The summed E-state index contributed by atoms with van der Waals surface area (Å²) >= 11 is 7.63. The van der Waals surface area contributed by atoms with Gasteiger partial charge in [-0.05, 0) is 37.1 Å². The SMILES string of the molecule is Cc1cc(OCCc2ncc(CO)s2)cc(C)c1Cl. The molecular weight excluding hydrogens is 282 g/mol. The molecule has 1 aromatic carbocycles. The van der Waals surface area contributed by atoms with Crippen LogP contribution in [0, 0.1) is 13.8 Å². The van der Waals surface area contributed by atoms with Gasteiger partial charge < -0.3 is 9.84 Å². The number of benzene rings is 1. The average molecular weight is 298 g/mol. The van der Waals surface area contributed by atoms with Gasteiger partial charge in [-0.25, -0.2) is 4.98 Å². The van der Waals surface area contributed by atoms with E-state index >= 15 is 0 Å². The molecule has 1 aromatic heterocycles. The summed E-state index contributed by atoms with van der Waals surface area (Å²) in [5.74, 6) is 0.832. The lowest BCUT2D eigenvalue weighted by Crippen LogP contribution is -2.01. The van der Waals surface area contributed by atoms with Gasteiger partial charge in [0.05, 0.1) is 23.1 Å². The second-order valence-corrected chi connectivity index (χ2v) is 5.93. The van der Waals surface area contributed by atoms with Crippen molar-refractivity contribution in [2.75, 3.05) is 6.61 Å². The van der Waals surface area contributed by atoms with Crippen LogP contribution < -0.4 is 4.74 Å². The number of halogens is 1. The predicted molar refractivity (Wildman–Crippen MR) is 78.2 cm³/mol. The Morgan fingerprint density at radius 1 is 1.32 bits per heavy atom. The number of ether oxygens (including phenoxy) is 1. The Balaban J connectivity index is 1.92. The maximum Gasteiger partial charge on any atom is 0.119 e. The van der Waals surface area contributed by atoms with Crippen LogP contribution in [0.2, 0.25) is 5.02 Å². The first-order valence-corrected chi connectivity index (χ1v) is 7.23. The first-order valence-electron chi connectivity index (χ1n) is 6.04. The van der Waals surface area contributed by atoms with E-state index in [9.17, 15) is 0 Å². The first-order chi connectivity index (χ1) is 9.10. The van der Waals surface area contributed by atoms with Gasteiger partial charge in [0.15, 0.2) is 0 Å². The van der Waals surface area contributed by atoms with Crippen molar-refractivity contribution in [3.63, 3.8) is 0 Å². The molecule has 0 aliphatic heterocycles. The summed E-state index contributed by atoms with van der Waals surface area (Å²) in [4.78, 5) is 5.11. The molecule has 0 saturated heterocycles. The number of aliphatic hydroxyl groups is 1. The fourth-order valence-corrected chi connectivity index (χ4v) is 2.65. The number of hydrogen-bond donors (Lipinski definition) is 1. The van der Waals surface area contributed by atoms with Gasteiger partial charge in [-0.1, -0.05) is 11.6 Å². The van der Waals surface area contributed by atoms with Crippen molar-refractivity contribution in [1.29, 1.82) is 0 Å². The van der Waals surface area contributed by atoms with Crippen molar-refractivity contribution in [3.05, 3.63) is 44.4 Å². The Labute approximate surface area is 121 Å². The molecule has 0 unspecified atom stereocenters. The van der Waals surface area contributed by atoms with E-state index in [1.54, 1.807) is 6.20 Å². The number of aliphatic hydroxyl groups excluding tert-OH is 1. The van der Waals surface area contributed by atoms with Gasteiger partial charge in [-0.2, -0.15) is 0 Å². The summed E-state index contributed by atoms with van der Waals surface area (Å²) in [6.45, 7) is 4.56. The summed E-state index contributed by atoms with van der Waals surface area (Å²) in [6.07, 6.45) is 2.45. The van der Waals surface area contributed by atoms with Gasteiger partial charge >= 0.3 is 0 Å². The highest BCUT2D eigenvalue weighted by molar-refractivity contribution is 7.11. The third-order valence-electron chi connectivity index (χ3n) is 2.75. The van der Waals surface area contributed by atoms with Crippen LogP contribution in [0.1, 0.15) is 21.0 Å². The Bertz CT molecular complexity index is 545. The number of rotatable bonds is 5. The number of nitrogens with zero attached hydrogens (tertiary/aromatic N) is 1. The van der Waals surface area contributed by atoms with Crippen LogP contribution in [0.25, 0.3) is 0 Å². The number of thiazole rings is 1. The maximum absolute atomic E-state index is 8.97. The van der Waals surface area contributed by atoms with Crippen molar-refractivity contribution in [1.82, 2.24) is 4.98 Å². The lowest BCUT2D eigenvalue weighted by atomic mass is 10.1. The van der Waals surface area contributed by atoms with Crippen molar-refractivity contribution in [2.24, 2.45) is 0 Å². The first kappa shape index (κ1) is 14.3. The molecule has 0 saturated carbocycles. The molecule has 0 bridgehead atoms. The molecule has 0 aliphatic rings. The van der Waals surface area contributed by atoms with Crippen molar-refractivity contribution in [3.8, 4) is 5.75 Å². The molecule has 2 aromatic rings. The number of hydrogen-bond acceptors (Lipinski definition) is 4. The maximum atomic E-state index is 8.97. The van der Waals surface area contributed by atoms with Gasteiger partial charge in [-0.15, -0.1) is 11.3 Å². The Morgan fingerprint density at radius 3 is 2.58 bits per heavy atom. The molecule has 19 heavy (non-hydrogen) atoms. The van der Waals surface area contributed by atoms with Crippen molar-refractivity contribution in [2.45, 2.75) is 26.9 Å². The molecule has 2 rings (SSSR count). The Hall–Kier alpha value is -1.10. The molecule has 5 heteroatoms. The molecule has 1 N–H and O–H groups in total. The average Bonchev–Trinajstić information content (AvgIpc) is 2.84. The van der Waals surface area contributed by atoms with Gasteiger partial charge in [0.25, 0.3) is 0 Å². The zero-order valence-electron chi connectivity index (χ0n) is 10.9. The summed E-state index contributed by atoms with van der Waals surface area (Å²) in [6, 6.07) is 3.88. The summed E-state index contributed by atoms with van der Waals surface area (Å²) in [5.41, 5.74) is 2.04. The van der Waals surface area contributed by atoms with Crippen LogP contribution in [0.5, 0.6) is 5.75 Å². The minimum atomic E-state index is 0.0497. The van der Waals surface area contributed by atoms with Gasteiger partial charge in [0, 0.05) is 17.6 Å². The predicted octanol–water partition coefficient (Wildman–Crippen LogP) is 3.53. The summed E-state index contributed by atoms with van der Waals surface area (Å²) in [7, 11) is 0. The monoisotopic (exact) mass is 297 g/mol. The Morgan fingerprint density at radius 2 is 2.00 bits per heavy atom. The molecule has 0 radical (unpaired) electrons. The molecule has 0 aliphatic carbocycles. The normalized spacial score (nSPS) is 10.7. The topological polar surface area (TPSA) is 42.4 Å². The van der Waals surface area contributed by atoms with Gasteiger partial charge in [-0.3, -0.25) is 0 Å². The lowest BCUT2D eigenvalue weighted by molar-refractivity contribution is 0.285.